The van der Waals surface area contributed by atoms with E-state index in [1.165, 1.54) is 6.92 Å². The van der Waals surface area contributed by atoms with Crippen LogP contribution >= 0.6 is 0 Å². The molecule has 0 fully saturated rings. The van der Waals surface area contributed by atoms with Crippen LogP contribution in [0, 0.1) is 11.6 Å². The molecule has 0 saturated heterocycles. The Morgan fingerprint density at radius 3 is 2.50 bits per heavy atom. The lowest BCUT2D eigenvalue weighted by molar-refractivity contribution is -0.117. The molecule has 0 aliphatic heterocycles. The fourth-order valence-corrected chi connectivity index (χ4v) is 2.42. The molecule has 1 amide bonds. The van der Waals surface area contributed by atoms with Crippen molar-refractivity contribution in [2.45, 2.75) is 20.0 Å². The van der Waals surface area contributed by atoms with Crippen LogP contribution in [0.4, 0.5) is 8.78 Å². The largest absolute Gasteiger partial charge is 0.502 e. The minimum Gasteiger partial charge on any atom is -0.502 e. The minimum absolute atomic E-state index is 0.0331. The second-order valence-corrected chi connectivity index (χ2v) is 5.81. The number of hydrogen-bond acceptors (Lipinski definition) is 6. The predicted octanol–water partition coefficient (Wildman–Crippen LogP) is 1.14. The molecule has 148 valence electrons. The van der Waals surface area contributed by atoms with Crippen LogP contribution < -0.4 is 10.7 Å². The number of methoxy groups -OCH3 is 1. The number of carbonyl (C=O) groups is 3. The molecule has 2 N–H and O–H groups in total. The molecule has 1 aromatic heterocycles. The molecule has 0 unspecified atom stereocenters. The molecule has 8 nitrogen and oxygen atoms in total. The number of benzene rings is 1. The summed E-state index contributed by atoms with van der Waals surface area (Å²) in [6.45, 7) is 0.426. The molecule has 0 aliphatic rings. The number of hydrogen-bond donors (Lipinski definition) is 2. The number of ketones is 1. The Kier molecular flexibility index (Phi) is 6.24. The first-order chi connectivity index (χ1) is 13.1. The molecular weight excluding hydrogens is 378 g/mol. The van der Waals surface area contributed by atoms with Crippen LogP contribution in [0.15, 0.2) is 29.2 Å². The van der Waals surface area contributed by atoms with Gasteiger partial charge in [-0.3, -0.25) is 14.4 Å². The second-order valence-electron chi connectivity index (χ2n) is 5.81. The van der Waals surface area contributed by atoms with E-state index in [4.69, 9.17) is 0 Å². The standard InChI is InChI=1S/C18H16F2N2O6/c1-9(23)7-22-8-12(15(24)16(25)14(22)18(27)28-2)17(26)21-6-10-3-4-11(19)5-13(10)20/h3-5,8,25H,6-7H2,1-2H3,(H,21,26). The average Bonchev–Trinajstić information content (AvgIpc) is 2.62. The summed E-state index contributed by atoms with van der Waals surface area (Å²) in [5.74, 6) is -5.23. The van der Waals surface area contributed by atoms with Crippen LogP contribution in [0.25, 0.3) is 0 Å². The van der Waals surface area contributed by atoms with Crippen molar-refractivity contribution in [3.05, 3.63) is 63.1 Å². The number of pyridine rings is 1. The Morgan fingerprint density at radius 1 is 1.25 bits per heavy atom. The first-order valence-corrected chi connectivity index (χ1v) is 7.92. The summed E-state index contributed by atoms with van der Waals surface area (Å²) in [6, 6.07) is 2.76. The summed E-state index contributed by atoms with van der Waals surface area (Å²) in [6.07, 6.45) is 0.923. The Bertz CT molecular complexity index is 1020. The molecule has 28 heavy (non-hydrogen) atoms. The fourth-order valence-electron chi connectivity index (χ4n) is 2.42. The molecule has 0 spiro atoms. The molecule has 0 saturated carbocycles. The van der Waals surface area contributed by atoms with Gasteiger partial charge in [0.05, 0.1) is 13.7 Å². The first-order valence-electron chi connectivity index (χ1n) is 7.92. The van der Waals surface area contributed by atoms with E-state index in [0.717, 1.165) is 30.0 Å². The molecule has 0 radical (unpaired) electrons. The van der Waals surface area contributed by atoms with Crippen molar-refractivity contribution >= 4 is 17.7 Å². The quantitative estimate of drug-likeness (QED) is 0.710. The topological polar surface area (TPSA) is 115 Å². The summed E-state index contributed by atoms with van der Waals surface area (Å²) in [5.41, 5.74) is -2.36. The molecule has 0 bridgehead atoms. The second kappa shape index (κ2) is 8.42. The lowest BCUT2D eigenvalue weighted by Gasteiger charge is -2.14. The van der Waals surface area contributed by atoms with Crippen molar-refractivity contribution in [2.24, 2.45) is 0 Å². The molecule has 2 aromatic rings. The highest BCUT2D eigenvalue weighted by Gasteiger charge is 2.25. The number of ether oxygens (including phenoxy) is 1. The van der Waals surface area contributed by atoms with E-state index in [-0.39, 0.29) is 12.1 Å². The van der Waals surface area contributed by atoms with E-state index in [9.17, 15) is 33.1 Å². The van der Waals surface area contributed by atoms with Gasteiger partial charge in [-0.25, -0.2) is 13.6 Å². The smallest absolute Gasteiger partial charge is 0.358 e. The van der Waals surface area contributed by atoms with Crippen LogP contribution in [0.3, 0.4) is 0 Å². The van der Waals surface area contributed by atoms with Crippen LogP contribution in [0.2, 0.25) is 0 Å². The number of nitrogens with one attached hydrogen (secondary N) is 1. The Labute approximate surface area is 157 Å². The van der Waals surface area contributed by atoms with Crippen molar-refractivity contribution in [1.82, 2.24) is 9.88 Å². The van der Waals surface area contributed by atoms with Crippen molar-refractivity contribution < 1.29 is 33.0 Å². The van der Waals surface area contributed by atoms with Gasteiger partial charge in [0.15, 0.2) is 11.4 Å². The lowest BCUT2D eigenvalue weighted by Crippen LogP contribution is -2.31. The van der Waals surface area contributed by atoms with Gasteiger partial charge in [0.2, 0.25) is 5.43 Å². The maximum Gasteiger partial charge on any atom is 0.358 e. The van der Waals surface area contributed by atoms with E-state index in [2.05, 4.69) is 10.1 Å². The van der Waals surface area contributed by atoms with Gasteiger partial charge in [0.25, 0.3) is 5.91 Å². The Hall–Kier alpha value is -3.56. The van der Waals surface area contributed by atoms with Gasteiger partial charge < -0.3 is 19.7 Å². The molecule has 1 heterocycles. The third-order valence-corrected chi connectivity index (χ3v) is 3.73. The number of esters is 1. The summed E-state index contributed by atoms with van der Waals surface area (Å²) in [5, 5.41) is 12.3. The normalized spacial score (nSPS) is 10.4. The van der Waals surface area contributed by atoms with Gasteiger partial charge >= 0.3 is 5.97 Å². The van der Waals surface area contributed by atoms with Gasteiger partial charge in [0, 0.05) is 24.4 Å². The number of aromatic nitrogens is 1. The number of nitrogens with zero attached hydrogens (tertiary/aromatic N) is 1. The Morgan fingerprint density at radius 2 is 1.93 bits per heavy atom. The predicted molar refractivity (Wildman–Crippen MR) is 91.9 cm³/mol. The van der Waals surface area contributed by atoms with Crippen LogP contribution in [-0.4, -0.2) is 34.4 Å². The van der Waals surface area contributed by atoms with Crippen molar-refractivity contribution in [1.29, 1.82) is 0 Å². The highest BCUT2D eigenvalue weighted by atomic mass is 19.1. The van der Waals surface area contributed by atoms with Gasteiger partial charge in [-0.05, 0) is 13.0 Å². The minimum atomic E-state index is -1.17. The van der Waals surface area contributed by atoms with Crippen LogP contribution in [0.1, 0.15) is 33.3 Å². The van der Waals surface area contributed by atoms with Gasteiger partial charge in [-0.1, -0.05) is 6.07 Å². The van der Waals surface area contributed by atoms with Crippen molar-refractivity contribution in [3.63, 3.8) is 0 Å². The molecule has 10 heteroatoms. The van der Waals surface area contributed by atoms with E-state index >= 15 is 0 Å². The zero-order valence-electron chi connectivity index (χ0n) is 14.9. The maximum absolute atomic E-state index is 13.6. The van der Waals surface area contributed by atoms with E-state index < -0.39 is 58.3 Å². The molecule has 2 rings (SSSR count). The van der Waals surface area contributed by atoms with Gasteiger partial charge in [0.1, 0.15) is 23.0 Å². The number of amides is 1. The fraction of sp³-hybridized carbons (Fsp3) is 0.222. The van der Waals surface area contributed by atoms with E-state index in [1.807, 2.05) is 0 Å². The number of aromatic hydroxyl groups is 1. The maximum atomic E-state index is 13.6. The van der Waals surface area contributed by atoms with E-state index in [0.29, 0.717) is 6.07 Å². The molecular formula is C18H16F2N2O6. The zero-order chi connectivity index (χ0) is 21.0. The summed E-state index contributed by atoms with van der Waals surface area (Å²) < 4.78 is 32.0. The SMILES string of the molecule is COC(=O)c1c(O)c(=O)c(C(=O)NCc2ccc(F)cc2F)cn1CC(C)=O. The van der Waals surface area contributed by atoms with E-state index in [1.54, 1.807) is 0 Å². The highest BCUT2D eigenvalue weighted by Crippen LogP contribution is 2.16. The molecule has 1 aromatic carbocycles. The summed E-state index contributed by atoms with van der Waals surface area (Å²) in [4.78, 5) is 47.8. The molecule has 0 atom stereocenters. The van der Waals surface area contributed by atoms with Crippen LogP contribution in [0.5, 0.6) is 5.75 Å². The zero-order valence-corrected chi connectivity index (χ0v) is 14.9. The number of halogens is 2. The monoisotopic (exact) mass is 394 g/mol. The van der Waals surface area contributed by atoms with Crippen molar-refractivity contribution in [3.8, 4) is 5.75 Å². The number of rotatable bonds is 6. The van der Waals surface area contributed by atoms with Crippen LogP contribution in [-0.2, 0) is 22.6 Å². The van der Waals surface area contributed by atoms with Crippen molar-refractivity contribution in [2.75, 3.05) is 7.11 Å². The number of carbonyl (C=O) groups excluding carboxylic acids is 3. The third kappa shape index (κ3) is 4.40. The lowest BCUT2D eigenvalue weighted by atomic mass is 10.1. The highest BCUT2D eigenvalue weighted by molar-refractivity contribution is 5.97. The van der Waals surface area contributed by atoms with Gasteiger partial charge in [-0.15, -0.1) is 0 Å². The third-order valence-electron chi connectivity index (χ3n) is 3.73. The summed E-state index contributed by atoms with van der Waals surface area (Å²) in [7, 11) is 1.02. The average molecular weight is 394 g/mol. The number of Topliss-reactive ketones (excluding diaryl/α,β-unsaturated/α-hetero) is 1. The Balaban J connectivity index is 2.39. The summed E-state index contributed by atoms with van der Waals surface area (Å²) >= 11 is 0. The first kappa shape index (κ1) is 20.7. The molecule has 0 aliphatic carbocycles. The van der Waals surface area contributed by atoms with Gasteiger partial charge in [-0.2, -0.15) is 0 Å².